The van der Waals surface area contributed by atoms with Gasteiger partial charge in [0.15, 0.2) is 0 Å². The summed E-state index contributed by atoms with van der Waals surface area (Å²) in [6.07, 6.45) is 4.38. The first-order chi connectivity index (χ1) is 8.91. The van der Waals surface area contributed by atoms with Crippen molar-refractivity contribution in [1.82, 2.24) is 4.90 Å². The van der Waals surface area contributed by atoms with E-state index in [0.717, 1.165) is 51.7 Å². The fourth-order valence-corrected chi connectivity index (χ4v) is 4.02. The van der Waals surface area contributed by atoms with Gasteiger partial charge < -0.3 is 10.0 Å². The van der Waals surface area contributed by atoms with Gasteiger partial charge in [-0.1, -0.05) is 20.8 Å². The summed E-state index contributed by atoms with van der Waals surface area (Å²) in [6.45, 7) is 9.65. The quantitative estimate of drug-likeness (QED) is 0.852. The van der Waals surface area contributed by atoms with Crippen molar-refractivity contribution in [2.45, 2.75) is 58.5 Å². The van der Waals surface area contributed by atoms with Crippen LogP contribution < -0.4 is 0 Å². The highest BCUT2D eigenvalue weighted by Gasteiger charge is 2.54. The first-order valence-electron chi connectivity index (χ1n) is 7.77. The largest absolute Gasteiger partial charge is 0.388 e. The molecule has 3 nitrogen and oxygen atoms in total. The van der Waals surface area contributed by atoms with Crippen LogP contribution in [0.3, 0.4) is 0 Å². The molecule has 2 rings (SSSR count). The Morgan fingerprint density at radius 3 is 2.37 bits per heavy atom. The fourth-order valence-electron chi connectivity index (χ4n) is 4.02. The maximum atomic E-state index is 11.0. The molecule has 3 heteroatoms. The van der Waals surface area contributed by atoms with Crippen molar-refractivity contribution < 1.29 is 5.11 Å². The van der Waals surface area contributed by atoms with Crippen LogP contribution >= 0.6 is 0 Å². The van der Waals surface area contributed by atoms with Gasteiger partial charge in [-0.25, -0.2) is 0 Å². The van der Waals surface area contributed by atoms with E-state index < -0.39 is 11.0 Å². The molecule has 19 heavy (non-hydrogen) atoms. The molecule has 2 atom stereocenters. The lowest BCUT2D eigenvalue weighted by atomic mass is 9.66. The molecule has 0 bridgehead atoms. The first-order valence-corrected chi connectivity index (χ1v) is 7.77. The third-order valence-corrected chi connectivity index (χ3v) is 5.17. The minimum atomic E-state index is -0.750. The summed E-state index contributed by atoms with van der Waals surface area (Å²) in [7, 11) is 0. The van der Waals surface area contributed by atoms with Crippen LogP contribution in [-0.4, -0.2) is 35.2 Å². The maximum absolute atomic E-state index is 11.0. The third-order valence-electron chi connectivity index (χ3n) is 5.17. The van der Waals surface area contributed by atoms with Crippen molar-refractivity contribution in [3.63, 3.8) is 0 Å². The summed E-state index contributed by atoms with van der Waals surface area (Å²) in [6, 6.07) is 2.51. The van der Waals surface area contributed by atoms with Crippen molar-refractivity contribution >= 4 is 0 Å². The smallest absolute Gasteiger partial charge is 0.0863 e. The zero-order valence-corrected chi connectivity index (χ0v) is 12.7. The molecule has 1 saturated heterocycles. The Labute approximate surface area is 117 Å². The summed E-state index contributed by atoms with van der Waals surface area (Å²) in [5.74, 6) is 1.25. The van der Waals surface area contributed by atoms with Gasteiger partial charge in [0.05, 0.1) is 17.1 Å². The van der Waals surface area contributed by atoms with Crippen molar-refractivity contribution in [2.75, 3.05) is 19.6 Å². The van der Waals surface area contributed by atoms with E-state index in [1.165, 1.54) is 0 Å². The standard InChI is InChI=1S/C16H28N2O/c1-13(2)11-18-8-6-16(19,7-9-18)15(12-17)5-4-14(3)10-15/h13-14,19H,4-11H2,1-3H3. The topological polar surface area (TPSA) is 47.3 Å². The van der Waals surface area contributed by atoms with Gasteiger partial charge in [-0.15, -0.1) is 0 Å². The summed E-state index contributed by atoms with van der Waals surface area (Å²) in [5, 5.41) is 20.7. The van der Waals surface area contributed by atoms with Crippen LogP contribution in [0.1, 0.15) is 52.9 Å². The second kappa shape index (κ2) is 5.42. The average molecular weight is 264 g/mol. The van der Waals surface area contributed by atoms with Gasteiger partial charge in [-0.05, 0) is 43.9 Å². The average Bonchev–Trinajstić information content (AvgIpc) is 2.75. The zero-order valence-electron chi connectivity index (χ0n) is 12.7. The van der Waals surface area contributed by atoms with Crippen LogP contribution in [0, 0.1) is 28.6 Å². The number of nitriles is 1. The normalized spacial score (nSPS) is 35.5. The summed E-state index contributed by atoms with van der Waals surface area (Å²) in [4.78, 5) is 2.43. The lowest BCUT2D eigenvalue weighted by molar-refractivity contribution is -0.0969. The molecule has 1 heterocycles. The lowest BCUT2D eigenvalue weighted by Crippen LogP contribution is -2.54. The van der Waals surface area contributed by atoms with Gasteiger partial charge in [0.1, 0.15) is 0 Å². The molecule has 2 fully saturated rings. The number of likely N-dealkylation sites (tertiary alicyclic amines) is 1. The van der Waals surface area contributed by atoms with E-state index in [9.17, 15) is 10.4 Å². The van der Waals surface area contributed by atoms with E-state index in [2.05, 4.69) is 31.7 Å². The number of rotatable bonds is 3. The number of hydrogen-bond acceptors (Lipinski definition) is 3. The number of piperidine rings is 1. The predicted molar refractivity (Wildman–Crippen MR) is 76.5 cm³/mol. The Morgan fingerprint density at radius 2 is 1.95 bits per heavy atom. The Balaban J connectivity index is 2.03. The minimum absolute atomic E-state index is 0.476. The van der Waals surface area contributed by atoms with Gasteiger partial charge in [-0.3, -0.25) is 0 Å². The van der Waals surface area contributed by atoms with Crippen molar-refractivity contribution in [3.05, 3.63) is 0 Å². The molecule has 1 saturated carbocycles. The SMILES string of the molecule is CC(C)CN1CCC(O)(C2(C#N)CCC(C)C2)CC1. The molecule has 2 unspecified atom stereocenters. The second-order valence-corrected chi connectivity index (χ2v) is 7.27. The summed E-state index contributed by atoms with van der Waals surface area (Å²) in [5.41, 5.74) is -1.23. The van der Waals surface area contributed by atoms with E-state index in [0.29, 0.717) is 11.8 Å². The zero-order chi connectivity index (χ0) is 14.1. The molecule has 1 aliphatic heterocycles. The predicted octanol–water partition coefficient (Wildman–Crippen LogP) is 2.80. The van der Waals surface area contributed by atoms with Crippen molar-refractivity contribution in [2.24, 2.45) is 17.3 Å². The van der Waals surface area contributed by atoms with E-state index in [1.54, 1.807) is 0 Å². The van der Waals surface area contributed by atoms with E-state index in [4.69, 9.17) is 0 Å². The maximum Gasteiger partial charge on any atom is 0.0863 e. The highest BCUT2D eigenvalue weighted by molar-refractivity contribution is 5.15. The Morgan fingerprint density at radius 1 is 1.32 bits per heavy atom. The Hall–Kier alpha value is -0.590. The van der Waals surface area contributed by atoms with Crippen LogP contribution in [0.2, 0.25) is 0 Å². The molecule has 1 N–H and O–H groups in total. The van der Waals surface area contributed by atoms with Gasteiger partial charge >= 0.3 is 0 Å². The second-order valence-electron chi connectivity index (χ2n) is 7.27. The molecular formula is C16H28N2O. The molecule has 1 aliphatic carbocycles. The molecule has 0 amide bonds. The van der Waals surface area contributed by atoms with Crippen LogP contribution in [-0.2, 0) is 0 Å². The van der Waals surface area contributed by atoms with Crippen LogP contribution in [0.5, 0.6) is 0 Å². The Bertz CT molecular complexity index is 352. The summed E-state index contributed by atoms with van der Waals surface area (Å²) >= 11 is 0. The lowest BCUT2D eigenvalue weighted by Gasteiger charge is -2.46. The third kappa shape index (κ3) is 2.80. The molecule has 0 spiro atoms. The highest BCUT2D eigenvalue weighted by Crippen LogP contribution is 2.52. The first kappa shape index (κ1) is 14.8. The molecule has 108 valence electrons. The number of nitrogens with zero attached hydrogens (tertiary/aromatic N) is 2. The van der Waals surface area contributed by atoms with Gasteiger partial charge in [0.2, 0.25) is 0 Å². The monoisotopic (exact) mass is 264 g/mol. The van der Waals surface area contributed by atoms with Crippen molar-refractivity contribution in [3.8, 4) is 6.07 Å². The Kier molecular flexibility index (Phi) is 4.23. The van der Waals surface area contributed by atoms with E-state index in [1.807, 2.05) is 0 Å². The minimum Gasteiger partial charge on any atom is -0.388 e. The molecule has 0 aromatic carbocycles. The van der Waals surface area contributed by atoms with Gasteiger partial charge in [-0.2, -0.15) is 5.26 Å². The van der Waals surface area contributed by atoms with Crippen molar-refractivity contribution in [1.29, 1.82) is 5.26 Å². The fraction of sp³-hybridized carbons (Fsp3) is 0.938. The molecule has 0 aromatic heterocycles. The number of hydrogen-bond donors (Lipinski definition) is 1. The van der Waals surface area contributed by atoms with E-state index >= 15 is 0 Å². The molecule has 0 aromatic rings. The summed E-state index contributed by atoms with van der Waals surface area (Å²) < 4.78 is 0. The molecule has 2 aliphatic rings. The van der Waals surface area contributed by atoms with E-state index in [-0.39, 0.29) is 0 Å². The number of aliphatic hydroxyl groups is 1. The highest BCUT2D eigenvalue weighted by atomic mass is 16.3. The van der Waals surface area contributed by atoms with Crippen LogP contribution in [0.4, 0.5) is 0 Å². The molecule has 0 radical (unpaired) electrons. The van der Waals surface area contributed by atoms with Gasteiger partial charge in [0, 0.05) is 19.6 Å². The molecular weight excluding hydrogens is 236 g/mol. The van der Waals surface area contributed by atoms with Crippen LogP contribution in [0.15, 0.2) is 0 Å². The van der Waals surface area contributed by atoms with Crippen LogP contribution in [0.25, 0.3) is 0 Å². The van der Waals surface area contributed by atoms with Gasteiger partial charge in [0.25, 0.3) is 0 Å².